The zero-order valence-electron chi connectivity index (χ0n) is 6.71. The zero-order valence-corrected chi connectivity index (χ0v) is 8.30. The lowest BCUT2D eigenvalue weighted by Gasteiger charge is -2.02. The molecule has 0 aromatic heterocycles. The number of fused-ring (bicyclic) bond motifs is 1. The third-order valence-electron chi connectivity index (χ3n) is 2.01. The van der Waals surface area contributed by atoms with Crippen molar-refractivity contribution in [2.24, 2.45) is 0 Å². The van der Waals surface area contributed by atoms with E-state index in [4.69, 9.17) is 9.84 Å². The SMILES string of the molecule is O=C(O)c1cc2c(cc1Br)CCO2. The highest BCUT2D eigenvalue weighted by atomic mass is 79.9. The van der Waals surface area contributed by atoms with Crippen molar-refractivity contribution in [1.29, 1.82) is 0 Å². The molecule has 3 nitrogen and oxygen atoms in total. The molecule has 0 saturated carbocycles. The fourth-order valence-corrected chi connectivity index (χ4v) is 1.92. The summed E-state index contributed by atoms with van der Waals surface area (Å²) in [6.45, 7) is 0.644. The van der Waals surface area contributed by atoms with E-state index in [1.807, 2.05) is 6.07 Å². The molecule has 1 aliphatic heterocycles. The van der Waals surface area contributed by atoms with E-state index in [1.54, 1.807) is 6.07 Å². The van der Waals surface area contributed by atoms with Gasteiger partial charge in [0.15, 0.2) is 0 Å². The molecule has 0 unspecified atom stereocenters. The van der Waals surface area contributed by atoms with Crippen molar-refractivity contribution in [2.45, 2.75) is 6.42 Å². The van der Waals surface area contributed by atoms with Crippen molar-refractivity contribution >= 4 is 21.9 Å². The van der Waals surface area contributed by atoms with Crippen LogP contribution in [0.15, 0.2) is 16.6 Å². The van der Waals surface area contributed by atoms with Gasteiger partial charge in [-0.05, 0) is 33.6 Å². The second kappa shape index (κ2) is 3.03. The molecule has 0 atom stereocenters. The van der Waals surface area contributed by atoms with Gasteiger partial charge in [0.1, 0.15) is 5.75 Å². The normalized spacial score (nSPS) is 13.6. The number of carboxylic acid groups (broad SMARTS) is 1. The van der Waals surface area contributed by atoms with Gasteiger partial charge >= 0.3 is 5.97 Å². The number of carbonyl (C=O) groups is 1. The highest BCUT2D eigenvalue weighted by Gasteiger charge is 2.17. The van der Waals surface area contributed by atoms with Gasteiger partial charge in [-0.15, -0.1) is 0 Å². The van der Waals surface area contributed by atoms with Crippen LogP contribution in [0.3, 0.4) is 0 Å². The van der Waals surface area contributed by atoms with Crippen molar-refractivity contribution in [1.82, 2.24) is 0 Å². The van der Waals surface area contributed by atoms with Crippen molar-refractivity contribution < 1.29 is 14.6 Å². The highest BCUT2D eigenvalue weighted by Crippen LogP contribution is 2.31. The van der Waals surface area contributed by atoms with E-state index in [1.165, 1.54) is 0 Å². The standard InChI is InChI=1S/C9H7BrO3/c10-7-3-5-1-2-13-8(5)4-6(7)9(11)12/h3-4H,1-2H2,(H,11,12). The van der Waals surface area contributed by atoms with Crippen LogP contribution in [-0.2, 0) is 6.42 Å². The minimum absolute atomic E-state index is 0.251. The molecule has 1 aromatic rings. The van der Waals surface area contributed by atoms with E-state index < -0.39 is 5.97 Å². The number of ether oxygens (including phenoxy) is 1. The summed E-state index contributed by atoms with van der Waals surface area (Å²) in [6.07, 6.45) is 0.855. The molecule has 0 radical (unpaired) electrons. The van der Waals surface area contributed by atoms with Crippen LogP contribution in [-0.4, -0.2) is 17.7 Å². The number of aromatic carboxylic acids is 1. The number of halogens is 1. The highest BCUT2D eigenvalue weighted by molar-refractivity contribution is 9.10. The van der Waals surface area contributed by atoms with Gasteiger partial charge in [0.2, 0.25) is 0 Å². The molecule has 1 heterocycles. The Morgan fingerprint density at radius 2 is 2.31 bits per heavy atom. The lowest BCUT2D eigenvalue weighted by atomic mass is 10.1. The van der Waals surface area contributed by atoms with Crippen LogP contribution in [0.4, 0.5) is 0 Å². The third kappa shape index (κ3) is 1.42. The molecule has 1 aromatic carbocycles. The lowest BCUT2D eigenvalue weighted by molar-refractivity contribution is 0.0695. The first-order valence-corrected chi connectivity index (χ1v) is 4.66. The molecule has 0 aliphatic carbocycles. The molecular weight excluding hydrogens is 236 g/mol. The minimum Gasteiger partial charge on any atom is -0.493 e. The Morgan fingerprint density at radius 3 is 3.00 bits per heavy atom. The Balaban J connectivity index is 2.55. The summed E-state index contributed by atoms with van der Waals surface area (Å²) in [5, 5.41) is 8.81. The van der Waals surface area contributed by atoms with Crippen LogP contribution in [0.5, 0.6) is 5.75 Å². The van der Waals surface area contributed by atoms with Crippen molar-refractivity contribution in [3.05, 3.63) is 27.7 Å². The van der Waals surface area contributed by atoms with E-state index >= 15 is 0 Å². The molecule has 0 bridgehead atoms. The Morgan fingerprint density at radius 1 is 1.54 bits per heavy atom. The van der Waals surface area contributed by atoms with Gasteiger partial charge in [-0.25, -0.2) is 4.79 Å². The number of carboxylic acids is 1. The van der Waals surface area contributed by atoms with Gasteiger partial charge in [-0.1, -0.05) is 0 Å². The third-order valence-corrected chi connectivity index (χ3v) is 2.67. The quantitative estimate of drug-likeness (QED) is 0.821. The summed E-state index contributed by atoms with van der Waals surface area (Å²) in [5.74, 6) is -0.245. The van der Waals surface area contributed by atoms with Crippen LogP contribution in [0.2, 0.25) is 0 Å². The van der Waals surface area contributed by atoms with E-state index in [9.17, 15) is 4.79 Å². The predicted octanol–water partition coefficient (Wildman–Crippen LogP) is 2.08. The topological polar surface area (TPSA) is 46.5 Å². The van der Waals surface area contributed by atoms with Gasteiger partial charge in [-0.3, -0.25) is 0 Å². The van der Waals surface area contributed by atoms with Crippen molar-refractivity contribution in [3.8, 4) is 5.75 Å². The summed E-state index contributed by atoms with van der Waals surface area (Å²) < 4.78 is 5.88. The maximum absolute atomic E-state index is 10.7. The predicted molar refractivity (Wildman–Crippen MR) is 50.3 cm³/mol. The summed E-state index contributed by atoms with van der Waals surface area (Å²) in [6, 6.07) is 3.38. The Labute approximate surface area is 83.5 Å². The van der Waals surface area contributed by atoms with Crippen LogP contribution in [0, 0.1) is 0 Å². The molecule has 1 N–H and O–H groups in total. The first-order valence-electron chi connectivity index (χ1n) is 3.87. The molecule has 1 aliphatic rings. The van der Waals surface area contributed by atoms with Gasteiger partial charge in [-0.2, -0.15) is 0 Å². The zero-order chi connectivity index (χ0) is 9.42. The van der Waals surface area contributed by atoms with Gasteiger partial charge < -0.3 is 9.84 Å². The molecule has 2 rings (SSSR count). The number of hydrogen-bond donors (Lipinski definition) is 1. The van der Waals surface area contributed by atoms with Gasteiger partial charge in [0.05, 0.1) is 12.2 Å². The first-order chi connectivity index (χ1) is 6.18. The van der Waals surface area contributed by atoms with Crippen molar-refractivity contribution in [2.75, 3.05) is 6.61 Å². The van der Waals surface area contributed by atoms with Crippen LogP contribution in [0.25, 0.3) is 0 Å². The van der Waals surface area contributed by atoms with E-state index in [0.29, 0.717) is 16.8 Å². The maximum atomic E-state index is 10.7. The Hall–Kier alpha value is -1.03. The summed E-state index contributed by atoms with van der Waals surface area (Å²) in [7, 11) is 0. The van der Waals surface area contributed by atoms with Crippen molar-refractivity contribution in [3.63, 3.8) is 0 Å². The second-order valence-corrected chi connectivity index (χ2v) is 3.70. The molecule has 0 amide bonds. The molecule has 0 fully saturated rings. The first kappa shape index (κ1) is 8.56. The maximum Gasteiger partial charge on any atom is 0.336 e. The fourth-order valence-electron chi connectivity index (χ4n) is 1.36. The fraction of sp³-hybridized carbons (Fsp3) is 0.222. The minimum atomic E-state index is -0.940. The Bertz CT molecular complexity index is 373. The van der Waals surface area contributed by atoms with Gasteiger partial charge in [0, 0.05) is 10.9 Å². The number of benzene rings is 1. The van der Waals surface area contributed by atoms with E-state index in [0.717, 1.165) is 12.0 Å². The largest absolute Gasteiger partial charge is 0.493 e. The van der Waals surface area contributed by atoms with Crippen LogP contribution in [0.1, 0.15) is 15.9 Å². The average Bonchev–Trinajstić information content (AvgIpc) is 2.48. The van der Waals surface area contributed by atoms with E-state index in [-0.39, 0.29) is 5.56 Å². The molecule has 68 valence electrons. The lowest BCUT2D eigenvalue weighted by Crippen LogP contribution is -1.98. The molecule has 0 spiro atoms. The van der Waals surface area contributed by atoms with Crippen LogP contribution >= 0.6 is 15.9 Å². The number of rotatable bonds is 1. The Kier molecular flexibility index (Phi) is 2.00. The molecule has 0 saturated heterocycles. The molecule has 4 heteroatoms. The van der Waals surface area contributed by atoms with Crippen LogP contribution < -0.4 is 4.74 Å². The second-order valence-electron chi connectivity index (χ2n) is 2.84. The summed E-state index contributed by atoms with van der Waals surface area (Å²) >= 11 is 3.21. The monoisotopic (exact) mass is 242 g/mol. The summed E-state index contributed by atoms with van der Waals surface area (Å²) in [4.78, 5) is 10.7. The summed E-state index contributed by atoms with van der Waals surface area (Å²) in [5.41, 5.74) is 1.32. The number of hydrogen-bond acceptors (Lipinski definition) is 2. The molecule has 13 heavy (non-hydrogen) atoms. The smallest absolute Gasteiger partial charge is 0.336 e. The van der Waals surface area contributed by atoms with Gasteiger partial charge in [0.25, 0.3) is 0 Å². The van der Waals surface area contributed by atoms with E-state index in [2.05, 4.69) is 15.9 Å². The molecular formula is C9H7BrO3. The average molecular weight is 243 g/mol.